The molecule has 0 aromatic heterocycles. The molecule has 1 aliphatic carbocycles. The molecule has 1 aromatic carbocycles. The molecule has 0 bridgehead atoms. The number of hydrogen-bond donors (Lipinski definition) is 1. The quantitative estimate of drug-likeness (QED) is 0.533. The lowest BCUT2D eigenvalue weighted by Crippen LogP contribution is -2.36. The number of thiocarbonyl (C=S) groups is 1. The maximum atomic E-state index is 12.7. The van der Waals surface area contributed by atoms with Crippen molar-refractivity contribution in [1.29, 1.82) is 0 Å². The van der Waals surface area contributed by atoms with Gasteiger partial charge < -0.3 is 10.1 Å². The number of ether oxygens (including phenoxy) is 1. The molecule has 3 rings (SSSR count). The number of nitrogens with one attached hydrogen (secondary N) is 1. The summed E-state index contributed by atoms with van der Waals surface area (Å²) in [6, 6.07) is 7.87. The number of hydrogen-bond acceptors (Lipinski definition) is 5. The molecule has 2 amide bonds. The fourth-order valence-electron chi connectivity index (χ4n) is 3.52. The lowest BCUT2D eigenvalue weighted by atomic mass is 9.95. The summed E-state index contributed by atoms with van der Waals surface area (Å²) in [6.07, 6.45) is 8.68. The first-order chi connectivity index (χ1) is 13.6. The first-order valence-corrected chi connectivity index (χ1v) is 11.0. The van der Waals surface area contributed by atoms with Gasteiger partial charge in [0.1, 0.15) is 10.1 Å². The minimum atomic E-state index is -0.0921. The first-order valence-electron chi connectivity index (χ1n) is 9.75. The van der Waals surface area contributed by atoms with Gasteiger partial charge in [0, 0.05) is 19.0 Å². The molecule has 1 aliphatic heterocycles. The fraction of sp³-hybridized carbons (Fsp3) is 0.476. The number of benzene rings is 1. The van der Waals surface area contributed by atoms with Crippen molar-refractivity contribution in [2.24, 2.45) is 0 Å². The minimum absolute atomic E-state index is 0.0734. The van der Waals surface area contributed by atoms with Gasteiger partial charge in [-0.25, -0.2) is 0 Å². The Kier molecular flexibility index (Phi) is 7.50. The lowest BCUT2D eigenvalue weighted by Gasteiger charge is -2.23. The van der Waals surface area contributed by atoms with Crippen molar-refractivity contribution in [3.05, 3.63) is 34.7 Å². The Morgan fingerprint density at radius 1 is 1.36 bits per heavy atom. The summed E-state index contributed by atoms with van der Waals surface area (Å²) in [5, 5.41) is 3.12. The molecule has 7 heteroatoms. The van der Waals surface area contributed by atoms with Crippen LogP contribution in [0.3, 0.4) is 0 Å². The van der Waals surface area contributed by atoms with E-state index in [0.29, 0.717) is 34.7 Å². The van der Waals surface area contributed by atoms with Crippen LogP contribution < -0.4 is 10.1 Å². The lowest BCUT2D eigenvalue weighted by molar-refractivity contribution is -0.124. The van der Waals surface area contributed by atoms with E-state index in [0.717, 1.165) is 24.2 Å². The molecule has 5 nitrogen and oxygen atoms in total. The second-order valence-corrected chi connectivity index (χ2v) is 8.79. The predicted octanol–water partition coefficient (Wildman–Crippen LogP) is 4.13. The molecular formula is C21H26N2O3S2. The van der Waals surface area contributed by atoms with Crippen LogP contribution in [0.5, 0.6) is 5.75 Å². The van der Waals surface area contributed by atoms with Crippen LogP contribution in [0.1, 0.15) is 50.5 Å². The van der Waals surface area contributed by atoms with Crippen molar-refractivity contribution >= 4 is 46.2 Å². The van der Waals surface area contributed by atoms with Crippen molar-refractivity contribution in [3.8, 4) is 5.75 Å². The van der Waals surface area contributed by atoms with E-state index in [1.807, 2.05) is 30.3 Å². The monoisotopic (exact) mass is 418 g/mol. The molecular weight excluding hydrogens is 392 g/mol. The summed E-state index contributed by atoms with van der Waals surface area (Å²) in [5.74, 6) is 0.725. The Balaban J connectivity index is 1.50. The van der Waals surface area contributed by atoms with Gasteiger partial charge >= 0.3 is 0 Å². The number of amides is 2. The highest BCUT2D eigenvalue weighted by molar-refractivity contribution is 8.26. The van der Waals surface area contributed by atoms with Gasteiger partial charge in [0.25, 0.3) is 5.91 Å². The Labute approximate surface area is 175 Å². The molecule has 1 saturated heterocycles. The van der Waals surface area contributed by atoms with E-state index in [1.54, 1.807) is 12.0 Å². The number of carbonyl (C=O) groups is 2. The summed E-state index contributed by atoms with van der Waals surface area (Å²) in [6.45, 7) is 0.470. The average molecular weight is 419 g/mol. The zero-order valence-electron chi connectivity index (χ0n) is 16.1. The van der Waals surface area contributed by atoms with Crippen LogP contribution in [-0.2, 0) is 9.59 Å². The molecule has 2 fully saturated rings. The fourth-order valence-corrected chi connectivity index (χ4v) is 4.83. The third-order valence-electron chi connectivity index (χ3n) is 5.02. The van der Waals surface area contributed by atoms with Crippen LogP contribution in [0.2, 0.25) is 0 Å². The van der Waals surface area contributed by atoms with Crippen LogP contribution >= 0.6 is 24.0 Å². The zero-order valence-corrected chi connectivity index (χ0v) is 17.7. The van der Waals surface area contributed by atoms with Gasteiger partial charge in [-0.1, -0.05) is 55.4 Å². The summed E-state index contributed by atoms with van der Waals surface area (Å²) in [4.78, 5) is 27.0. The summed E-state index contributed by atoms with van der Waals surface area (Å²) in [7, 11) is 1.61. The maximum absolute atomic E-state index is 12.7. The summed E-state index contributed by atoms with van der Waals surface area (Å²) in [5.41, 5.74) is 0.895. The standard InChI is InChI=1S/C21H26N2O3S2/c1-26-17-10-5-7-15(13-17)14-18-20(25)23(21(27)28-18)12-6-11-19(24)22-16-8-3-2-4-9-16/h5,7,10,13-14,16H,2-4,6,8-9,11-12H2,1H3,(H,22,24)/b18-14-. The highest BCUT2D eigenvalue weighted by Crippen LogP contribution is 2.33. The molecule has 2 aliphatic rings. The smallest absolute Gasteiger partial charge is 0.266 e. The van der Waals surface area contributed by atoms with E-state index in [2.05, 4.69) is 5.32 Å². The molecule has 150 valence electrons. The number of rotatable bonds is 7. The van der Waals surface area contributed by atoms with Crippen LogP contribution in [0.25, 0.3) is 6.08 Å². The SMILES string of the molecule is COc1cccc(/C=C2\SC(=S)N(CCCC(=O)NC3CCCCC3)C2=O)c1. The van der Waals surface area contributed by atoms with E-state index >= 15 is 0 Å². The van der Waals surface area contributed by atoms with Gasteiger partial charge in [-0.2, -0.15) is 0 Å². The maximum Gasteiger partial charge on any atom is 0.266 e. The topological polar surface area (TPSA) is 58.6 Å². The van der Waals surface area contributed by atoms with E-state index in [-0.39, 0.29) is 11.8 Å². The van der Waals surface area contributed by atoms with Crippen molar-refractivity contribution in [1.82, 2.24) is 10.2 Å². The molecule has 1 aromatic rings. The Morgan fingerprint density at radius 2 is 2.14 bits per heavy atom. The summed E-state index contributed by atoms with van der Waals surface area (Å²) >= 11 is 6.68. The van der Waals surface area contributed by atoms with Gasteiger partial charge in [-0.3, -0.25) is 14.5 Å². The second-order valence-electron chi connectivity index (χ2n) is 7.12. The van der Waals surface area contributed by atoms with Gasteiger partial charge in [-0.05, 0) is 43.0 Å². The molecule has 1 heterocycles. The molecule has 0 atom stereocenters. The molecule has 0 radical (unpaired) electrons. The summed E-state index contributed by atoms with van der Waals surface area (Å²) < 4.78 is 5.77. The Morgan fingerprint density at radius 3 is 2.89 bits per heavy atom. The molecule has 1 saturated carbocycles. The van der Waals surface area contributed by atoms with Crippen LogP contribution in [0.15, 0.2) is 29.2 Å². The molecule has 1 N–H and O–H groups in total. The third kappa shape index (κ3) is 5.58. The Hall–Kier alpha value is -1.86. The van der Waals surface area contributed by atoms with E-state index in [4.69, 9.17) is 17.0 Å². The van der Waals surface area contributed by atoms with Crippen LogP contribution in [0.4, 0.5) is 0 Å². The minimum Gasteiger partial charge on any atom is -0.497 e. The molecule has 28 heavy (non-hydrogen) atoms. The highest BCUT2D eigenvalue weighted by Gasteiger charge is 2.31. The largest absolute Gasteiger partial charge is 0.497 e. The van der Waals surface area contributed by atoms with Crippen LogP contribution in [-0.4, -0.2) is 40.7 Å². The predicted molar refractivity (Wildman–Crippen MR) is 117 cm³/mol. The van der Waals surface area contributed by atoms with E-state index in [9.17, 15) is 9.59 Å². The van der Waals surface area contributed by atoms with Gasteiger partial charge in [0.15, 0.2) is 0 Å². The van der Waals surface area contributed by atoms with Crippen molar-refractivity contribution < 1.29 is 14.3 Å². The van der Waals surface area contributed by atoms with Gasteiger partial charge in [0.05, 0.1) is 12.0 Å². The van der Waals surface area contributed by atoms with E-state index in [1.165, 1.54) is 31.0 Å². The van der Waals surface area contributed by atoms with Gasteiger partial charge in [-0.15, -0.1) is 0 Å². The highest BCUT2D eigenvalue weighted by atomic mass is 32.2. The zero-order chi connectivity index (χ0) is 19.9. The third-order valence-corrected chi connectivity index (χ3v) is 6.40. The van der Waals surface area contributed by atoms with Crippen molar-refractivity contribution in [2.75, 3.05) is 13.7 Å². The average Bonchev–Trinajstić information content (AvgIpc) is 2.96. The van der Waals surface area contributed by atoms with E-state index < -0.39 is 0 Å². The number of methoxy groups -OCH3 is 1. The number of nitrogens with zero attached hydrogens (tertiary/aromatic N) is 1. The first kappa shape index (κ1) is 20.9. The van der Waals surface area contributed by atoms with Crippen molar-refractivity contribution in [3.63, 3.8) is 0 Å². The number of thioether (sulfide) groups is 1. The second kappa shape index (κ2) is 10.1. The number of carbonyl (C=O) groups excluding carboxylic acids is 2. The normalized spacial score (nSPS) is 19.3. The van der Waals surface area contributed by atoms with Crippen LogP contribution in [0, 0.1) is 0 Å². The molecule has 0 unspecified atom stereocenters. The van der Waals surface area contributed by atoms with Crippen molar-refractivity contribution in [2.45, 2.75) is 51.0 Å². The van der Waals surface area contributed by atoms with Gasteiger partial charge in [0.2, 0.25) is 5.91 Å². The Bertz CT molecular complexity index is 773. The molecule has 0 spiro atoms.